The Kier molecular flexibility index (Phi) is 5.44. The molecule has 8 aromatic carbocycles. The van der Waals surface area contributed by atoms with Gasteiger partial charge in [0.1, 0.15) is 11.3 Å². The molecule has 0 bridgehead atoms. The highest BCUT2D eigenvalue weighted by molar-refractivity contribution is 7.26. The maximum atomic E-state index is 6.41. The van der Waals surface area contributed by atoms with Crippen molar-refractivity contribution in [1.82, 2.24) is 0 Å². The lowest BCUT2D eigenvalue weighted by Crippen LogP contribution is -1.91. The SMILES string of the molecule is C1=Cc2c(oc3cc4c(ccc5sc6cc(-c7c8ccccc8c(-c8cccc9ccccc89)c8ccccc78)ccc6c54)cc23)CC1. The van der Waals surface area contributed by atoms with Gasteiger partial charge < -0.3 is 4.42 Å². The quantitative estimate of drug-likeness (QED) is 0.174. The highest BCUT2D eigenvalue weighted by atomic mass is 32.1. The number of furan rings is 1. The lowest BCUT2D eigenvalue weighted by Gasteiger charge is -2.18. The number of hydrogen-bond donors (Lipinski definition) is 0. The van der Waals surface area contributed by atoms with Crippen LogP contribution in [0.2, 0.25) is 0 Å². The zero-order valence-electron chi connectivity index (χ0n) is 26.1. The average Bonchev–Trinajstić information content (AvgIpc) is 3.70. The monoisotopic (exact) mass is 628 g/mol. The summed E-state index contributed by atoms with van der Waals surface area (Å²) in [5.74, 6) is 1.12. The third-order valence-corrected chi connectivity index (χ3v) is 11.6. The lowest BCUT2D eigenvalue weighted by molar-refractivity contribution is 0.546. The van der Waals surface area contributed by atoms with Gasteiger partial charge in [0.25, 0.3) is 0 Å². The van der Waals surface area contributed by atoms with Crippen LogP contribution in [0, 0.1) is 0 Å². The van der Waals surface area contributed by atoms with Crippen LogP contribution in [-0.2, 0) is 6.42 Å². The molecule has 0 saturated carbocycles. The molecule has 2 aromatic heterocycles. The van der Waals surface area contributed by atoms with Crippen molar-refractivity contribution in [1.29, 1.82) is 0 Å². The molecular formula is C46H28OS. The Morgan fingerprint density at radius 1 is 0.500 bits per heavy atom. The fourth-order valence-corrected chi connectivity index (χ4v) is 9.53. The third kappa shape index (κ3) is 3.67. The lowest BCUT2D eigenvalue weighted by atomic mass is 9.84. The van der Waals surface area contributed by atoms with Crippen LogP contribution >= 0.6 is 11.3 Å². The summed E-state index contributed by atoms with van der Waals surface area (Å²) in [4.78, 5) is 0. The number of benzene rings is 8. The Balaban J connectivity index is 1.17. The van der Waals surface area contributed by atoms with Gasteiger partial charge in [-0.2, -0.15) is 0 Å². The van der Waals surface area contributed by atoms with Gasteiger partial charge in [-0.25, -0.2) is 0 Å². The maximum absolute atomic E-state index is 6.41. The molecule has 2 heteroatoms. The number of allylic oxidation sites excluding steroid dienone is 1. The van der Waals surface area contributed by atoms with Gasteiger partial charge in [-0.1, -0.05) is 121 Å². The molecule has 0 spiro atoms. The predicted molar refractivity (Wildman–Crippen MR) is 207 cm³/mol. The van der Waals surface area contributed by atoms with E-state index in [0.29, 0.717) is 0 Å². The summed E-state index contributed by atoms with van der Waals surface area (Å²) < 4.78 is 9.03. The topological polar surface area (TPSA) is 13.1 Å². The largest absolute Gasteiger partial charge is 0.460 e. The Morgan fingerprint density at radius 2 is 1.23 bits per heavy atom. The van der Waals surface area contributed by atoms with Crippen molar-refractivity contribution in [3.05, 3.63) is 151 Å². The molecule has 48 heavy (non-hydrogen) atoms. The average molecular weight is 629 g/mol. The first-order valence-corrected chi connectivity index (χ1v) is 17.5. The fraction of sp³-hybridized carbons (Fsp3) is 0.0435. The van der Waals surface area contributed by atoms with Crippen molar-refractivity contribution in [2.75, 3.05) is 0 Å². The zero-order valence-corrected chi connectivity index (χ0v) is 26.9. The summed E-state index contributed by atoms with van der Waals surface area (Å²) in [5, 5.41) is 14.1. The zero-order chi connectivity index (χ0) is 31.3. The third-order valence-electron chi connectivity index (χ3n) is 10.5. The molecule has 10 aromatic rings. The van der Waals surface area contributed by atoms with E-state index < -0.39 is 0 Å². The van der Waals surface area contributed by atoms with Gasteiger partial charge in [0.05, 0.1) is 0 Å². The van der Waals surface area contributed by atoms with Gasteiger partial charge in [0.15, 0.2) is 0 Å². The van der Waals surface area contributed by atoms with Gasteiger partial charge in [-0.15, -0.1) is 11.3 Å². The van der Waals surface area contributed by atoms with Crippen molar-refractivity contribution in [2.24, 2.45) is 0 Å². The Hall–Kier alpha value is -5.70. The molecule has 0 atom stereocenters. The van der Waals surface area contributed by atoms with Gasteiger partial charge >= 0.3 is 0 Å². The smallest absolute Gasteiger partial charge is 0.135 e. The molecular weight excluding hydrogens is 601 g/mol. The molecule has 0 radical (unpaired) electrons. The Bertz CT molecular complexity index is 2940. The van der Waals surface area contributed by atoms with Gasteiger partial charge in [0, 0.05) is 37.5 Å². The summed E-state index contributed by atoms with van der Waals surface area (Å²) in [6.07, 6.45) is 6.52. The minimum atomic E-state index is 0.975. The van der Waals surface area contributed by atoms with E-state index >= 15 is 0 Å². The van der Waals surface area contributed by atoms with Crippen LogP contribution in [0.5, 0.6) is 0 Å². The second-order valence-corrected chi connectivity index (χ2v) is 14.2. The second kappa shape index (κ2) is 9.90. The minimum absolute atomic E-state index is 0.975. The maximum Gasteiger partial charge on any atom is 0.135 e. The highest BCUT2D eigenvalue weighted by Gasteiger charge is 2.20. The predicted octanol–water partition coefficient (Wildman–Crippen LogP) is 13.7. The first-order chi connectivity index (χ1) is 23.8. The van der Waals surface area contributed by atoms with Crippen LogP contribution in [0.4, 0.5) is 0 Å². The molecule has 2 heterocycles. The summed E-state index contributed by atoms with van der Waals surface area (Å²) in [6.45, 7) is 0. The van der Waals surface area contributed by atoms with Gasteiger partial charge in [-0.3, -0.25) is 0 Å². The van der Waals surface area contributed by atoms with Crippen LogP contribution < -0.4 is 0 Å². The molecule has 224 valence electrons. The van der Waals surface area contributed by atoms with Gasteiger partial charge in [0.2, 0.25) is 0 Å². The summed E-state index contributed by atoms with van der Waals surface area (Å²) in [7, 11) is 0. The fourth-order valence-electron chi connectivity index (χ4n) is 8.37. The molecule has 0 saturated heterocycles. The van der Waals surface area contributed by atoms with Gasteiger partial charge in [-0.05, 0) is 96.0 Å². The molecule has 0 fully saturated rings. The second-order valence-electron chi connectivity index (χ2n) is 13.1. The molecule has 1 nitrogen and oxygen atoms in total. The Labute approximate surface area is 281 Å². The van der Waals surface area contributed by atoms with E-state index in [1.165, 1.54) is 96.5 Å². The van der Waals surface area contributed by atoms with Crippen LogP contribution in [0.1, 0.15) is 17.7 Å². The van der Waals surface area contributed by atoms with E-state index in [0.717, 1.165) is 24.2 Å². The van der Waals surface area contributed by atoms with E-state index in [4.69, 9.17) is 4.42 Å². The van der Waals surface area contributed by atoms with Crippen molar-refractivity contribution >= 4 is 91.6 Å². The number of aryl methyl sites for hydroxylation is 1. The first kappa shape index (κ1) is 26.4. The number of hydrogen-bond acceptors (Lipinski definition) is 2. The van der Waals surface area contributed by atoms with E-state index in [-0.39, 0.29) is 0 Å². The Morgan fingerprint density at radius 3 is 2.04 bits per heavy atom. The molecule has 0 unspecified atom stereocenters. The van der Waals surface area contributed by atoms with Crippen molar-refractivity contribution in [2.45, 2.75) is 12.8 Å². The summed E-state index contributed by atoms with van der Waals surface area (Å²) >= 11 is 1.89. The van der Waals surface area contributed by atoms with E-state index in [2.05, 4.69) is 146 Å². The van der Waals surface area contributed by atoms with Crippen molar-refractivity contribution in [3.8, 4) is 22.3 Å². The number of rotatable bonds is 2. The standard InChI is InChI=1S/C46H28OS/c1-2-12-30-27(10-1)11-9-18-32(30)45-35-16-5-3-14-33(35)44(34-15-4-6-17-36(34)45)29-20-22-37-43(25-29)48-42-23-21-28-24-39-31-13-7-8-19-40(31)47-41(39)26-38(28)46(37)42/h1-7,9-18,20-26H,8,19H2. The van der Waals surface area contributed by atoms with E-state index in [1.807, 2.05) is 11.3 Å². The first-order valence-electron chi connectivity index (χ1n) is 16.7. The van der Waals surface area contributed by atoms with Crippen LogP contribution in [0.25, 0.3) is 103 Å². The minimum Gasteiger partial charge on any atom is -0.460 e. The van der Waals surface area contributed by atoms with Crippen LogP contribution in [-0.4, -0.2) is 0 Å². The normalized spacial score (nSPS) is 13.2. The van der Waals surface area contributed by atoms with Crippen molar-refractivity contribution < 1.29 is 4.42 Å². The molecule has 1 aliphatic carbocycles. The number of thiophene rings is 1. The van der Waals surface area contributed by atoms with E-state index in [1.54, 1.807) is 0 Å². The van der Waals surface area contributed by atoms with Crippen LogP contribution in [0.3, 0.4) is 0 Å². The molecule has 11 rings (SSSR count). The highest BCUT2D eigenvalue weighted by Crippen LogP contribution is 2.47. The summed E-state index contributed by atoms with van der Waals surface area (Å²) in [5.41, 5.74) is 7.38. The molecule has 0 N–H and O–H groups in total. The number of fused-ring (bicyclic) bond motifs is 11. The summed E-state index contributed by atoms with van der Waals surface area (Å²) in [6, 6.07) is 49.7. The molecule has 0 amide bonds. The van der Waals surface area contributed by atoms with E-state index in [9.17, 15) is 0 Å². The molecule has 0 aliphatic heterocycles. The van der Waals surface area contributed by atoms with Crippen LogP contribution in [0.15, 0.2) is 144 Å². The molecule has 1 aliphatic rings. The van der Waals surface area contributed by atoms with Crippen molar-refractivity contribution in [3.63, 3.8) is 0 Å².